The lowest BCUT2D eigenvalue weighted by atomic mass is 10.2. The van der Waals surface area contributed by atoms with Gasteiger partial charge in [0, 0.05) is 12.1 Å². The molecule has 0 unspecified atom stereocenters. The van der Waals surface area contributed by atoms with Gasteiger partial charge in [0.1, 0.15) is 0 Å². The highest BCUT2D eigenvalue weighted by Crippen LogP contribution is 2.35. The summed E-state index contributed by atoms with van der Waals surface area (Å²) in [5.41, 5.74) is 0.451. The van der Waals surface area contributed by atoms with Crippen molar-refractivity contribution in [3.05, 3.63) is 58.6 Å². The minimum absolute atomic E-state index is 0.0415. The molecule has 2 aromatic carbocycles. The Bertz CT molecular complexity index is 986. The van der Waals surface area contributed by atoms with Gasteiger partial charge in [-0.05, 0) is 30.3 Å². The van der Waals surface area contributed by atoms with Crippen LogP contribution in [0.4, 0.5) is 5.88 Å². The molecular weight excluding hydrogens is 371 g/mol. The normalized spacial score (nSPS) is 11.5. The monoisotopic (exact) mass is 382 g/mol. The van der Waals surface area contributed by atoms with Gasteiger partial charge in [0.2, 0.25) is 26.6 Å². The lowest BCUT2D eigenvalue weighted by Gasteiger charge is -2.02. The molecule has 0 saturated heterocycles. The lowest BCUT2D eigenvalue weighted by Crippen LogP contribution is -2.05. The highest BCUT2D eigenvalue weighted by molar-refractivity contribution is 7.91. The third-order valence-corrected chi connectivity index (χ3v) is 5.52. The van der Waals surface area contributed by atoms with Crippen LogP contribution in [0.25, 0.3) is 11.5 Å². The van der Waals surface area contributed by atoms with E-state index in [1.807, 2.05) is 0 Å². The number of halogens is 2. The topological polar surface area (TPSA) is 72.2 Å². The van der Waals surface area contributed by atoms with Crippen molar-refractivity contribution in [2.45, 2.75) is 9.92 Å². The summed E-state index contributed by atoms with van der Waals surface area (Å²) >= 11 is 12.0. The van der Waals surface area contributed by atoms with Gasteiger partial charge in [-0.1, -0.05) is 41.4 Å². The van der Waals surface area contributed by atoms with E-state index in [2.05, 4.69) is 10.3 Å². The summed E-state index contributed by atoms with van der Waals surface area (Å²) in [6.45, 7) is 0. The molecular formula is C16H12Cl2N2O3S. The lowest BCUT2D eigenvalue weighted by molar-refractivity contribution is 0.580. The highest BCUT2D eigenvalue weighted by atomic mass is 35.5. The zero-order valence-electron chi connectivity index (χ0n) is 12.5. The number of nitrogens with one attached hydrogen (secondary N) is 1. The van der Waals surface area contributed by atoms with Crippen molar-refractivity contribution in [3.63, 3.8) is 0 Å². The van der Waals surface area contributed by atoms with E-state index in [-0.39, 0.29) is 21.7 Å². The summed E-state index contributed by atoms with van der Waals surface area (Å²) in [6, 6.07) is 12.8. The van der Waals surface area contributed by atoms with Crippen LogP contribution in [0.15, 0.2) is 62.9 Å². The Hall–Kier alpha value is -2.02. The molecule has 0 fully saturated rings. The first-order chi connectivity index (χ1) is 11.4. The average molecular weight is 383 g/mol. The Morgan fingerprint density at radius 2 is 1.79 bits per heavy atom. The Morgan fingerprint density at radius 1 is 1.08 bits per heavy atom. The van der Waals surface area contributed by atoms with Crippen LogP contribution in [0.5, 0.6) is 0 Å². The van der Waals surface area contributed by atoms with Gasteiger partial charge in [-0.2, -0.15) is 4.98 Å². The predicted octanol–water partition coefficient (Wildman–Crippen LogP) is 4.52. The largest absolute Gasteiger partial charge is 0.419 e. The van der Waals surface area contributed by atoms with Gasteiger partial charge in [-0.25, -0.2) is 8.42 Å². The van der Waals surface area contributed by atoms with Gasteiger partial charge in [-0.15, -0.1) is 0 Å². The number of oxazole rings is 1. The molecule has 0 aliphatic rings. The van der Waals surface area contributed by atoms with E-state index in [9.17, 15) is 8.42 Å². The van der Waals surface area contributed by atoms with Crippen molar-refractivity contribution in [2.75, 3.05) is 12.4 Å². The number of sulfone groups is 1. The van der Waals surface area contributed by atoms with Crippen LogP contribution in [0.3, 0.4) is 0 Å². The van der Waals surface area contributed by atoms with Crippen molar-refractivity contribution in [1.82, 2.24) is 4.98 Å². The van der Waals surface area contributed by atoms with Crippen molar-refractivity contribution in [2.24, 2.45) is 0 Å². The Labute approximate surface area is 149 Å². The third kappa shape index (κ3) is 3.00. The maximum atomic E-state index is 12.8. The SMILES string of the molecule is CNc1oc(-c2ccc(Cl)cc2Cl)nc1S(=O)(=O)c1ccccc1. The van der Waals surface area contributed by atoms with E-state index in [0.717, 1.165) is 0 Å². The first kappa shape index (κ1) is 16.8. The molecule has 5 nitrogen and oxygen atoms in total. The molecule has 24 heavy (non-hydrogen) atoms. The van der Waals surface area contributed by atoms with Gasteiger partial charge in [0.05, 0.1) is 15.5 Å². The summed E-state index contributed by atoms with van der Waals surface area (Å²) in [5.74, 6) is 0.135. The number of hydrogen-bond acceptors (Lipinski definition) is 5. The van der Waals surface area contributed by atoms with Crippen LogP contribution >= 0.6 is 23.2 Å². The van der Waals surface area contributed by atoms with Crippen molar-refractivity contribution < 1.29 is 12.8 Å². The quantitative estimate of drug-likeness (QED) is 0.717. The smallest absolute Gasteiger partial charge is 0.233 e. The molecule has 0 amide bonds. The van der Waals surface area contributed by atoms with E-state index >= 15 is 0 Å². The van der Waals surface area contributed by atoms with Gasteiger partial charge in [0.15, 0.2) is 0 Å². The van der Waals surface area contributed by atoms with E-state index in [1.54, 1.807) is 37.4 Å². The summed E-state index contributed by atoms with van der Waals surface area (Å²) < 4.78 is 31.1. The molecule has 0 aliphatic carbocycles. The maximum Gasteiger partial charge on any atom is 0.233 e. The highest BCUT2D eigenvalue weighted by Gasteiger charge is 2.28. The van der Waals surface area contributed by atoms with Crippen LogP contribution in [-0.2, 0) is 9.84 Å². The van der Waals surface area contributed by atoms with Crippen molar-refractivity contribution in [3.8, 4) is 11.5 Å². The molecule has 1 N–H and O–H groups in total. The van der Waals surface area contributed by atoms with Gasteiger partial charge in [-0.3, -0.25) is 0 Å². The Kier molecular flexibility index (Phi) is 4.54. The molecule has 0 saturated carbocycles. The molecule has 1 aromatic heterocycles. The Balaban J connectivity index is 2.15. The number of hydrogen-bond donors (Lipinski definition) is 1. The fourth-order valence-electron chi connectivity index (χ4n) is 2.14. The van der Waals surface area contributed by atoms with Crippen LogP contribution in [-0.4, -0.2) is 20.4 Å². The second-order valence-electron chi connectivity index (χ2n) is 4.84. The number of aromatic nitrogens is 1. The molecule has 1 heterocycles. The molecule has 124 valence electrons. The van der Waals surface area contributed by atoms with E-state index < -0.39 is 9.84 Å². The maximum absolute atomic E-state index is 12.8. The van der Waals surface area contributed by atoms with Crippen molar-refractivity contribution in [1.29, 1.82) is 0 Å². The number of benzene rings is 2. The van der Waals surface area contributed by atoms with Gasteiger partial charge in [0.25, 0.3) is 0 Å². The van der Waals surface area contributed by atoms with Crippen LogP contribution in [0.1, 0.15) is 0 Å². The molecule has 0 radical (unpaired) electrons. The first-order valence-corrected chi connectivity index (χ1v) is 9.11. The third-order valence-electron chi connectivity index (χ3n) is 3.29. The minimum Gasteiger partial charge on any atom is -0.419 e. The molecule has 3 rings (SSSR count). The summed E-state index contributed by atoms with van der Waals surface area (Å²) in [6.07, 6.45) is 0. The van der Waals surface area contributed by atoms with Crippen LogP contribution in [0.2, 0.25) is 10.0 Å². The number of nitrogens with zero attached hydrogens (tertiary/aromatic N) is 1. The average Bonchev–Trinajstić information content (AvgIpc) is 3.00. The first-order valence-electron chi connectivity index (χ1n) is 6.87. The van der Waals surface area contributed by atoms with Crippen LogP contribution in [0, 0.1) is 0 Å². The van der Waals surface area contributed by atoms with Crippen LogP contribution < -0.4 is 5.32 Å². The van der Waals surface area contributed by atoms with Crippen molar-refractivity contribution >= 4 is 38.9 Å². The second kappa shape index (κ2) is 6.47. The summed E-state index contributed by atoms with van der Waals surface area (Å²) in [5, 5.41) is 3.29. The zero-order chi connectivity index (χ0) is 17.3. The number of rotatable bonds is 4. The number of anilines is 1. The molecule has 8 heteroatoms. The second-order valence-corrected chi connectivity index (χ2v) is 7.55. The van der Waals surface area contributed by atoms with E-state index in [0.29, 0.717) is 15.6 Å². The molecule has 3 aromatic rings. The summed E-state index contributed by atoms with van der Waals surface area (Å²) in [7, 11) is -2.27. The van der Waals surface area contributed by atoms with E-state index in [4.69, 9.17) is 27.6 Å². The summed E-state index contributed by atoms with van der Waals surface area (Å²) in [4.78, 5) is 4.27. The molecule has 0 spiro atoms. The van der Waals surface area contributed by atoms with Gasteiger partial charge < -0.3 is 9.73 Å². The van der Waals surface area contributed by atoms with Gasteiger partial charge >= 0.3 is 0 Å². The minimum atomic E-state index is -3.83. The molecule has 0 bridgehead atoms. The fraction of sp³-hybridized carbons (Fsp3) is 0.0625. The predicted molar refractivity (Wildman–Crippen MR) is 93.4 cm³/mol. The molecule has 0 aliphatic heterocycles. The van der Waals surface area contributed by atoms with E-state index in [1.165, 1.54) is 18.2 Å². The standard InChI is InChI=1S/C16H12Cl2N2O3S/c1-19-15-16(24(21,22)11-5-3-2-4-6-11)20-14(23-15)12-8-7-10(17)9-13(12)18/h2-9,19H,1H3. The Morgan fingerprint density at radius 3 is 2.42 bits per heavy atom. The zero-order valence-corrected chi connectivity index (χ0v) is 14.8. The molecule has 0 atom stereocenters. The fourth-order valence-corrected chi connectivity index (χ4v) is 3.95.